The molecule has 0 amide bonds. The van der Waals surface area contributed by atoms with E-state index in [0.29, 0.717) is 19.6 Å². The van der Waals surface area contributed by atoms with Gasteiger partial charge in [-0.15, -0.1) is 0 Å². The van der Waals surface area contributed by atoms with Crippen LogP contribution in [0.25, 0.3) is 0 Å². The molecule has 0 saturated heterocycles. The first-order valence-electron chi connectivity index (χ1n) is 13.6. The Kier molecular flexibility index (Phi) is 46.3. The fraction of sp³-hybridized carbons (Fsp3) is 0.926. The van der Waals surface area contributed by atoms with Gasteiger partial charge in [0.25, 0.3) is 0 Å². The van der Waals surface area contributed by atoms with Crippen LogP contribution in [0.5, 0.6) is 0 Å². The van der Waals surface area contributed by atoms with E-state index in [2.05, 4.69) is 13.8 Å². The molecule has 0 aliphatic carbocycles. The van der Waals surface area contributed by atoms with Crippen LogP contribution in [0.15, 0.2) is 0 Å². The third-order valence-corrected chi connectivity index (χ3v) is 5.60. The van der Waals surface area contributed by atoms with E-state index in [1.54, 1.807) is 0 Å². The fourth-order valence-corrected chi connectivity index (χ4v) is 3.54. The van der Waals surface area contributed by atoms with Gasteiger partial charge in [0.15, 0.2) is 0 Å². The predicted molar refractivity (Wildman–Crippen MR) is 134 cm³/mol. The van der Waals surface area contributed by atoms with Gasteiger partial charge in [-0.1, -0.05) is 123 Å². The molecule has 5 nitrogen and oxygen atoms in total. The van der Waals surface area contributed by atoms with Crippen LogP contribution < -0.4 is 0 Å². The minimum Gasteiger partial charge on any atom is -0.481 e. The van der Waals surface area contributed by atoms with E-state index in [9.17, 15) is 9.59 Å². The van der Waals surface area contributed by atoms with Crippen LogP contribution in [0.3, 0.4) is 0 Å². The summed E-state index contributed by atoms with van der Waals surface area (Å²) in [7, 11) is 0. The zero-order valence-electron chi connectivity index (χ0n) is 22.0. The number of unbranched alkanes of at least 4 members (excludes halogenated alkanes) is 17. The van der Waals surface area contributed by atoms with Gasteiger partial charge in [-0.3, -0.25) is 9.59 Å². The number of carboxylic acid groups (broad SMARTS) is 2. The first-order valence-corrected chi connectivity index (χ1v) is 13.6. The molecule has 0 aromatic heterocycles. The van der Waals surface area contributed by atoms with Gasteiger partial charge in [0, 0.05) is 57.8 Å². The number of hydrogen-bond acceptors (Lipinski definition) is 3. The van der Waals surface area contributed by atoms with E-state index in [-0.39, 0.29) is 51.2 Å². The van der Waals surface area contributed by atoms with Gasteiger partial charge in [-0.25, -0.2) is 0 Å². The zero-order valence-corrected chi connectivity index (χ0v) is 25.0. The van der Waals surface area contributed by atoms with E-state index in [1.807, 2.05) is 0 Å². The van der Waals surface area contributed by atoms with Crippen molar-refractivity contribution in [1.82, 2.24) is 0 Å². The summed E-state index contributed by atoms with van der Waals surface area (Å²) < 4.78 is 5.24. The maximum absolute atomic E-state index is 10.2. The molecule has 34 heavy (non-hydrogen) atoms. The van der Waals surface area contributed by atoms with Crippen LogP contribution in [-0.2, 0) is 59.1 Å². The second kappa shape index (κ2) is 37.9. The third kappa shape index (κ3) is 45.8. The second-order valence-corrected chi connectivity index (χ2v) is 8.91. The van der Waals surface area contributed by atoms with Crippen molar-refractivity contribution >= 4 is 11.9 Å². The average molecular weight is 674 g/mol. The molecule has 0 fully saturated rings. The summed E-state index contributed by atoms with van der Waals surface area (Å²) in [4.78, 5) is 20.4. The minimum atomic E-state index is -0.780. The van der Waals surface area contributed by atoms with Crippen molar-refractivity contribution in [3.05, 3.63) is 0 Å². The molecule has 214 valence electrons. The number of carbonyl (C=O) groups is 2. The molecule has 0 aliphatic rings. The average Bonchev–Trinajstić information content (AvgIpc) is 2.76. The smallest absolute Gasteiger partial charge is 0.305 e. The Bertz CT molecular complexity index is 395. The molecule has 0 atom stereocenters. The van der Waals surface area contributed by atoms with E-state index < -0.39 is 11.9 Å². The van der Waals surface area contributed by atoms with Crippen molar-refractivity contribution in [2.45, 2.75) is 149 Å². The van der Waals surface area contributed by atoms with Crippen LogP contribution >= 0.6 is 0 Å². The van der Waals surface area contributed by atoms with E-state index >= 15 is 0 Å². The Morgan fingerprint density at radius 3 is 1.15 bits per heavy atom. The van der Waals surface area contributed by atoms with Gasteiger partial charge in [0.1, 0.15) is 0 Å². The van der Waals surface area contributed by atoms with Crippen LogP contribution in [0.4, 0.5) is 0 Å². The molecule has 0 aliphatic heterocycles. The molecule has 2 N–H and O–H groups in total. The summed E-state index contributed by atoms with van der Waals surface area (Å²) in [5.41, 5.74) is 0. The van der Waals surface area contributed by atoms with Crippen molar-refractivity contribution < 1.29 is 69.3 Å². The zero-order chi connectivity index (χ0) is 24.1. The molecular formula is C27H54Ag2O5. The number of hydrogen-bond donors (Lipinski definition) is 2. The molecule has 0 aromatic rings. The number of rotatable bonds is 24. The maximum atomic E-state index is 10.2. The summed E-state index contributed by atoms with van der Waals surface area (Å²) in [6.45, 7) is 5.54. The summed E-state index contributed by atoms with van der Waals surface area (Å²) >= 11 is 0. The minimum absolute atomic E-state index is 0. The predicted octanol–water partition coefficient (Wildman–Crippen LogP) is 8.39. The van der Waals surface area contributed by atoms with Crippen molar-refractivity contribution in [1.29, 1.82) is 0 Å². The van der Waals surface area contributed by atoms with Gasteiger partial charge < -0.3 is 14.9 Å². The number of aliphatic carboxylic acids is 2. The molecule has 0 spiro atoms. The van der Waals surface area contributed by atoms with Crippen LogP contribution in [-0.4, -0.2) is 35.4 Å². The van der Waals surface area contributed by atoms with Crippen LogP contribution in [0, 0.1) is 0 Å². The molecular weight excluding hydrogens is 620 g/mol. The van der Waals surface area contributed by atoms with Gasteiger partial charge >= 0.3 is 11.9 Å². The molecule has 0 heterocycles. The van der Waals surface area contributed by atoms with Gasteiger partial charge in [0.05, 0.1) is 13.0 Å². The molecule has 0 saturated carbocycles. The van der Waals surface area contributed by atoms with Crippen LogP contribution in [0.2, 0.25) is 0 Å². The van der Waals surface area contributed by atoms with Crippen molar-refractivity contribution in [2.75, 3.05) is 13.2 Å². The summed E-state index contributed by atoms with van der Waals surface area (Å²) in [5.74, 6) is -1.44. The SMILES string of the molecule is CCCCCCCCCCCC(=O)O.CCCCCCCCCCCCOCCC(=O)O.[Ag].[Ag]. The fourth-order valence-electron chi connectivity index (χ4n) is 3.54. The molecule has 0 bridgehead atoms. The monoisotopic (exact) mass is 672 g/mol. The first kappa shape index (κ1) is 41.5. The Labute approximate surface area is 242 Å². The maximum Gasteiger partial charge on any atom is 0.305 e. The number of ether oxygens (including phenoxy) is 1. The molecule has 0 aromatic carbocycles. The van der Waals surface area contributed by atoms with Crippen molar-refractivity contribution in [2.24, 2.45) is 0 Å². The Morgan fingerprint density at radius 1 is 0.471 bits per heavy atom. The first-order chi connectivity index (χ1) is 15.5. The van der Waals surface area contributed by atoms with E-state index in [1.165, 1.54) is 103 Å². The molecule has 0 rings (SSSR count). The molecule has 0 unspecified atom stereocenters. The summed E-state index contributed by atoms with van der Waals surface area (Å²) in [6.07, 6.45) is 24.7. The largest absolute Gasteiger partial charge is 0.481 e. The number of carboxylic acids is 2. The van der Waals surface area contributed by atoms with Crippen LogP contribution in [0.1, 0.15) is 149 Å². The van der Waals surface area contributed by atoms with Crippen molar-refractivity contribution in [3.8, 4) is 0 Å². The van der Waals surface area contributed by atoms with E-state index in [4.69, 9.17) is 14.9 Å². The van der Waals surface area contributed by atoms with Crippen molar-refractivity contribution in [3.63, 3.8) is 0 Å². The third-order valence-electron chi connectivity index (χ3n) is 5.60. The van der Waals surface area contributed by atoms with Gasteiger partial charge in [-0.2, -0.15) is 0 Å². The normalized spacial score (nSPS) is 9.94. The Hall–Kier alpha value is 0.381. The van der Waals surface area contributed by atoms with E-state index in [0.717, 1.165) is 19.3 Å². The summed E-state index contributed by atoms with van der Waals surface area (Å²) in [5, 5.41) is 16.8. The van der Waals surface area contributed by atoms with Gasteiger partial charge in [0.2, 0.25) is 0 Å². The topological polar surface area (TPSA) is 83.8 Å². The molecule has 2 radical (unpaired) electrons. The Morgan fingerprint density at radius 2 is 0.794 bits per heavy atom. The quantitative estimate of drug-likeness (QED) is 0.0794. The summed E-state index contributed by atoms with van der Waals surface area (Å²) in [6, 6.07) is 0. The molecule has 7 heteroatoms. The Balaban J connectivity index is -0.000000257. The standard InChI is InChI=1S/C15H30O3.C12H24O2.2Ag/c1-2-3-4-5-6-7-8-9-10-11-13-18-14-12-15(16)17;1-2-3-4-5-6-7-8-9-10-11-12(13)14;;/h2-14H2,1H3,(H,16,17);2-11H2,1H3,(H,13,14);;. The van der Waals surface area contributed by atoms with Gasteiger partial charge in [-0.05, 0) is 12.8 Å². The second-order valence-electron chi connectivity index (χ2n) is 8.91.